The van der Waals surface area contributed by atoms with E-state index in [9.17, 15) is 9.59 Å². The van der Waals surface area contributed by atoms with Crippen LogP contribution >= 0.6 is 11.8 Å². The normalized spacial score (nSPS) is 10.8. The van der Waals surface area contributed by atoms with E-state index in [1.807, 2.05) is 13.8 Å². The number of rotatable bonds is 8. The van der Waals surface area contributed by atoms with Gasteiger partial charge in [-0.3, -0.25) is 4.79 Å². The first-order valence-corrected chi connectivity index (χ1v) is 10.0. The molecule has 1 aromatic heterocycles. The number of aryl methyl sites for hydroxylation is 2. The van der Waals surface area contributed by atoms with Crippen molar-refractivity contribution < 1.29 is 14.3 Å². The third-order valence-corrected chi connectivity index (χ3v) is 5.11. The molecule has 3 rings (SSSR count). The predicted octanol–water partition coefficient (Wildman–Crippen LogP) is 2.82. The van der Waals surface area contributed by atoms with E-state index in [1.165, 1.54) is 5.56 Å². The second-order valence-electron chi connectivity index (χ2n) is 6.20. The van der Waals surface area contributed by atoms with Gasteiger partial charge in [-0.25, -0.2) is 9.48 Å². The average Bonchev–Trinajstić information content (AvgIpc) is 3.13. The zero-order valence-electron chi connectivity index (χ0n) is 15.8. The third-order valence-electron chi connectivity index (χ3n) is 4.10. The number of nitrogens with zero attached hydrogens (tertiary/aromatic N) is 3. The molecule has 1 heterocycles. The number of carbonyl (C=O) groups excluding carboxylic acids is 2. The fraction of sp³-hybridized carbons (Fsp3) is 0.300. The Morgan fingerprint density at radius 1 is 1.18 bits per heavy atom. The summed E-state index contributed by atoms with van der Waals surface area (Å²) in [5.41, 5.74) is 3.03. The van der Waals surface area contributed by atoms with Crippen LogP contribution < -0.4 is 5.32 Å². The Hall–Kier alpha value is -2.87. The van der Waals surface area contributed by atoms with Crippen LogP contribution in [0.25, 0.3) is 11.0 Å². The molecule has 7 nitrogen and oxygen atoms in total. The molecular weight excluding hydrogens is 376 g/mol. The fourth-order valence-corrected chi connectivity index (χ4v) is 3.36. The monoisotopic (exact) mass is 398 g/mol. The minimum atomic E-state index is -0.558. The van der Waals surface area contributed by atoms with Crippen molar-refractivity contribution in [3.8, 4) is 0 Å². The van der Waals surface area contributed by atoms with Gasteiger partial charge in [-0.1, -0.05) is 22.9 Å². The van der Waals surface area contributed by atoms with Gasteiger partial charge in [0.15, 0.2) is 6.61 Å². The first-order valence-electron chi connectivity index (χ1n) is 9.03. The summed E-state index contributed by atoms with van der Waals surface area (Å²) in [6.07, 6.45) is 0. The van der Waals surface area contributed by atoms with E-state index in [1.54, 1.807) is 34.6 Å². The Morgan fingerprint density at radius 2 is 1.96 bits per heavy atom. The number of aromatic nitrogens is 3. The average molecular weight is 398 g/mol. The molecule has 0 fully saturated rings. The van der Waals surface area contributed by atoms with Crippen LogP contribution in [0.2, 0.25) is 0 Å². The summed E-state index contributed by atoms with van der Waals surface area (Å²) in [5, 5.41) is 10.8. The van der Waals surface area contributed by atoms with Gasteiger partial charge in [0.05, 0.1) is 11.1 Å². The highest BCUT2D eigenvalue weighted by molar-refractivity contribution is 7.99. The molecule has 0 radical (unpaired) electrons. The van der Waals surface area contributed by atoms with E-state index < -0.39 is 5.97 Å². The van der Waals surface area contributed by atoms with Crippen LogP contribution in [0, 0.1) is 6.92 Å². The Balaban J connectivity index is 1.41. The molecule has 0 aliphatic heterocycles. The molecule has 0 unspecified atom stereocenters. The third kappa shape index (κ3) is 5.10. The van der Waals surface area contributed by atoms with Gasteiger partial charge in [0.25, 0.3) is 5.91 Å². The van der Waals surface area contributed by atoms with Crippen molar-refractivity contribution in [2.45, 2.75) is 25.3 Å². The molecule has 1 amide bonds. The molecule has 2 aromatic carbocycles. The van der Waals surface area contributed by atoms with Crippen molar-refractivity contribution in [3.63, 3.8) is 0 Å². The second kappa shape index (κ2) is 9.36. The van der Waals surface area contributed by atoms with Gasteiger partial charge in [-0.15, -0.1) is 16.9 Å². The first-order chi connectivity index (χ1) is 13.6. The van der Waals surface area contributed by atoms with Crippen molar-refractivity contribution in [3.05, 3.63) is 53.6 Å². The lowest BCUT2D eigenvalue weighted by atomic mass is 10.2. The van der Waals surface area contributed by atoms with Gasteiger partial charge in [0.1, 0.15) is 5.52 Å². The van der Waals surface area contributed by atoms with Crippen LogP contribution in [0.1, 0.15) is 22.8 Å². The van der Waals surface area contributed by atoms with Crippen LogP contribution in [0.5, 0.6) is 0 Å². The smallest absolute Gasteiger partial charge is 0.338 e. The van der Waals surface area contributed by atoms with E-state index in [4.69, 9.17) is 4.74 Å². The number of hydrogen-bond acceptors (Lipinski definition) is 6. The number of esters is 1. The summed E-state index contributed by atoms with van der Waals surface area (Å²) in [6, 6.07) is 13.3. The molecule has 146 valence electrons. The highest BCUT2D eigenvalue weighted by Crippen LogP contribution is 2.17. The lowest BCUT2D eigenvalue weighted by Gasteiger charge is -2.07. The number of hydrogen-bond donors (Lipinski definition) is 1. The number of carbonyl (C=O) groups is 2. The highest BCUT2D eigenvalue weighted by Gasteiger charge is 2.12. The Labute approximate surface area is 167 Å². The summed E-state index contributed by atoms with van der Waals surface area (Å²) in [7, 11) is 0. The van der Waals surface area contributed by atoms with Crippen LogP contribution in [-0.4, -0.2) is 45.8 Å². The molecule has 1 N–H and O–H groups in total. The number of nitrogens with one attached hydrogen (secondary N) is 1. The Morgan fingerprint density at radius 3 is 2.71 bits per heavy atom. The molecule has 8 heteroatoms. The molecular formula is C20H22N4O3S. The maximum atomic E-state index is 12.2. The Kier molecular flexibility index (Phi) is 6.65. The lowest BCUT2D eigenvalue weighted by molar-refractivity contribution is -0.124. The van der Waals surface area contributed by atoms with E-state index in [0.29, 0.717) is 24.2 Å². The molecule has 0 saturated carbocycles. The highest BCUT2D eigenvalue weighted by atomic mass is 32.2. The predicted molar refractivity (Wildman–Crippen MR) is 108 cm³/mol. The molecule has 0 saturated heterocycles. The zero-order valence-corrected chi connectivity index (χ0v) is 16.7. The lowest BCUT2D eigenvalue weighted by Crippen LogP contribution is -2.30. The number of ether oxygens (including phenoxy) is 1. The van der Waals surface area contributed by atoms with Crippen molar-refractivity contribution >= 4 is 34.7 Å². The molecule has 3 aromatic rings. The summed E-state index contributed by atoms with van der Waals surface area (Å²) >= 11 is 1.66. The molecule has 0 atom stereocenters. The van der Waals surface area contributed by atoms with Gasteiger partial charge >= 0.3 is 5.97 Å². The summed E-state index contributed by atoms with van der Waals surface area (Å²) < 4.78 is 6.83. The van der Waals surface area contributed by atoms with Crippen molar-refractivity contribution in [1.82, 2.24) is 20.3 Å². The second-order valence-corrected chi connectivity index (χ2v) is 7.36. The van der Waals surface area contributed by atoms with Gasteiger partial charge in [0, 0.05) is 23.7 Å². The van der Waals surface area contributed by atoms with E-state index in [0.717, 1.165) is 16.2 Å². The first kappa shape index (κ1) is 19.9. The minimum Gasteiger partial charge on any atom is -0.452 e. The van der Waals surface area contributed by atoms with Crippen molar-refractivity contribution in [2.24, 2.45) is 0 Å². The van der Waals surface area contributed by atoms with Crippen LogP contribution in [0.4, 0.5) is 0 Å². The fourth-order valence-electron chi connectivity index (χ4n) is 2.59. The van der Waals surface area contributed by atoms with E-state index in [2.05, 4.69) is 39.9 Å². The Bertz CT molecular complexity index is 969. The molecule has 0 bridgehead atoms. The molecule has 0 aliphatic rings. The maximum Gasteiger partial charge on any atom is 0.338 e. The van der Waals surface area contributed by atoms with Gasteiger partial charge in [-0.2, -0.15) is 0 Å². The standard InChI is InChI=1S/C20H22N4O3S/c1-3-24-18-9-6-15(12-17(18)22-23-24)20(26)27-13-19(25)21-10-11-28-16-7-4-14(2)5-8-16/h4-9,12H,3,10-11,13H2,1-2H3,(H,21,25). The van der Waals surface area contributed by atoms with Crippen LogP contribution in [0.3, 0.4) is 0 Å². The van der Waals surface area contributed by atoms with Gasteiger partial charge in [0.2, 0.25) is 0 Å². The van der Waals surface area contributed by atoms with Crippen molar-refractivity contribution in [1.29, 1.82) is 0 Å². The maximum absolute atomic E-state index is 12.2. The topological polar surface area (TPSA) is 86.1 Å². The van der Waals surface area contributed by atoms with E-state index >= 15 is 0 Å². The summed E-state index contributed by atoms with van der Waals surface area (Å²) in [6.45, 7) is 4.90. The summed E-state index contributed by atoms with van der Waals surface area (Å²) in [5.74, 6) is -0.139. The molecule has 0 aliphatic carbocycles. The van der Waals surface area contributed by atoms with Crippen LogP contribution in [0.15, 0.2) is 47.4 Å². The quantitative estimate of drug-likeness (QED) is 0.357. The van der Waals surface area contributed by atoms with Gasteiger partial charge < -0.3 is 10.1 Å². The van der Waals surface area contributed by atoms with E-state index in [-0.39, 0.29) is 12.5 Å². The number of thioether (sulfide) groups is 1. The van der Waals surface area contributed by atoms with Gasteiger partial charge in [-0.05, 0) is 44.2 Å². The number of amides is 1. The molecule has 0 spiro atoms. The summed E-state index contributed by atoms with van der Waals surface area (Å²) in [4.78, 5) is 25.2. The van der Waals surface area contributed by atoms with Crippen molar-refractivity contribution in [2.75, 3.05) is 18.9 Å². The minimum absolute atomic E-state index is 0.312. The van der Waals surface area contributed by atoms with Crippen LogP contribution in [-0.2, 0) is 16.1 Å². The number of fused-ring (bicyclic) bond motifs is 1. The zero-order chi connectivity index (χ0) is 19.9. The largest absolute Gasteiger partial charge is 0.452 e. The molecule has 28 heavy (non-hydrogen) atoms. The number of benzene rings is 2. The SMILES string of the molecule is CCn1nnc2cc(C(=O)OCC(=O)NCCSc3ccc(C)cc3)ccc21.